The molecule has 0 aliphatic carbocycles. The van der Waals surface area contributed by atoms with Crippen LogP contribution >= 0.6 is 11.3 Å². The standard InChI is InChI=1S/C15H21NO2.C9H11NOS.C6H12N2.C2H6/c1-4-8-13(9-5-2)15(18)16-12-7-11-14(17)10-6-3;1-3-7(2)10-9(11)8-5-4-6-12-8;1-4-6(5-2)8-7-3;1-2/h4,6-7,9-11H,1,5,8,12H2,2-3H3,(H,16,18);4-6H,2-3H2,1H3,(H,10,11);4,7H,1,5H2,2-3H3;1-2H3/b10-6+,11-7+,13-9-;;8-6+;. The van der Waals surface area contributed by atoms with E-state index in [1.807, 2.05) is 52.1 Å². The van der Waals surface area contributed by atoms with Crippen LogP contribution in [0.5, 0.6) is 0 Å². The third kappa shape index (κ3) is 23.3. The van der Waals surface area contributed by atoms with Crippen LogP contribution in [-0.2, 0) is 9.59 Å². The zero-order valence-corrected chi connectivity index (χ0v) is 26.3. The summed E-state index contributed by atoms with van der Waals surface area (Å²) in [6, 6.07) is 3.65. The maximum atomic E-state index is 11.7. The van der Waals surface area contributed by atoms with Crippen molar-refractivity contribution in [3.8, 4) is 0 Å². The molecule has 0 bridgehead atoms. The summed E-state index contributed by atoms with van der Waals surface area (Å²) in [5.41, 5.74) is 5.15. The van der Waals surface area contributed by atoms with Gasteiger partial charge in [-0.25, -0.2) is 0 Å². The molecule has 0 aliphatic rings. The lowest BCUT2D eigenvalue weighted by atomic mass is 10.1. The van der Waals surface area contributed by atoms with E-state index < -0.39 is 0 Å². The summed E-state index contributed by atoms with van der Waals surface area (Å²) in [4.78, 5) is 34.9. The minimum absolute atomic E-state index is 0.0585. The minimum Gasteiger partial charge on any atom is -0.349 e. The molecule has 3 N–H and O–H groups in total. The van der Waals surface area contributed by atoms with Gasteiger partial charge in [0.2, 0.25) is 5.91 Å². The number of thiophene rings is 1. The second-order valence-electron chi connectivity index (χ2n) is 7.42. The summed E-state index contributed by atoms with van der Waals surface area (Å²) in [5.74, 6) is -0.251. The zero-order valence-electron chi connectivity index (χ0n) is 25.5. The Balaban J connectivity index is -0.000000535. The number of rotatable bonds is 14. The van der Waals surface area contributed by atoms with E-state index in [4.69, 9.17) is 0 Å². The lowest BCUT2D eigenvalue weighted by molar-refractivity contribution is -0.117. The van der Waals surface area contributed by atoms with Gasteiger partial charge in [-0.15, -0.1) is 17.9 Å². The molecule has 0 atom stereocenters. The molecule has 8 heteroatoms. The highest BCUT2D eigenvalue weighted by molar-refractivity contribution is 7.12. The van der Waals surface area contributed by atoms with E-state index in [2.05, 4.69) is 40.9 Å². The Kier molecular flexibility index (Phi) is 30.3. The molecule has 40 heavy (non-hydrogen) atoms. The Morgan fingerprint density at radius 2 is 1.75 bits per heavy atom. The maximum absolute atomic E-state index is 11.7. The van der Waals surface area contributed by atoms with E-state index in [1.165, 1.54) is 23.5 Å². The van der Waals surface area contributed by atoms with E-state index >= 15 is 0 Å². The number of hydrogen-bond donors (Lipinski definition) is 3. The van der Waals surface area contributed by atoms with Crippen molar-refractivity contribution in [2.75, 3.05) is 13.6 Å². The molecule has 7 nitrogen and oxygen atoms in total. The maximum Gasteiger partial charge on any atom is 0.265 e. The highest BCUT2D eigenvalue weighted by Crippen LogP contribution is 2.08. The van der Waals surface area contributed by atoms with Crippen molar-refractivity contribution in [2.24, 2.45) is 5.10 Å². The molecule has 1 aromatic rings. The van der Waals surface area contributed by atoms with Crippen LogP contribution in [0.3, 0.4) is 0 Å². The Hall–Kier alpha value is -3.78. The number of nitrogens with zero attached hydrogens (tertiary/aromatic N) is 1. The van der Waals surface area contributed by atoms with Gasteiger partial charge in [0.15, 0.2) is 5.78 Å². The van der Waals surface area contributed by atoms with Gasteiger partial charge in [-0.05, 0) is 62.3 Å². The largest absolute Gasteiger partial charge is 0.349 e. The van der Waals surface area contributed by atoms with Gasteiger partial charge < -0.3 is 16.1 Å². The molecule has 0 fully saturated rings. The van der Waals surface area contributed by atoms with E-state index in [1.54, 1.807) is 44.3 Å². The van der Waals surface area contributed by atoms with Gasteiger partial charge in [-0.3, -0.25) is 14.4 Å². The number of amides is 2. The van der Waals surface area contributed by atoms with Crippen molar-refractivity contribution in [3.05, 3.63) is 95.9 Å². The second kappa shape index (κ2) is 29.8. The van der Waals surface area contributed by atoms with Crippen LogP contribution < -0.4 is 16.1 Å². The summed E-state index contributed by atoms with van der Waals surface area (Å²) < 4.78 is 0. The molecule has 1 rings (SSSR count). The third-order valence-corrected chi connectivity index (χ3v) is 5.28. The predicted molar refractivity (Wildman–Crippen MR) is 175 cm³/mol. The lowest BCUT2D eigenvalue weighted by Crippen LogP contribution is -2.25. The molecule has 0 saturated carbocycles. The van der Waals surface area contributed by atoms with Crippen molar-refractivity contribution >= 4 is 34.6 Å². The van der Waals surface area contributed by atoms with Crippen LogP contribution in [0.25, 0.3) is 0 Å². The van der Waals surface area contributed by atoms with Gasteiger partial charge in [0.25, 0.3) is 5.91 Å². The van der Waals surface area contributed by atoms with Gasteiger partial charge >= 0.3 is 0 Å². The Labute approximate surface area is 246 Å². The summed E-state index contributed by atoms with van der Waals surface area (Å²) in [5, 5.41) is 11.2. The Morgan fingerprint density at radius 3 is 2.17 bits per heavy atom. The minimum atomic E-state index is -0.111. The summed E-state index contributed by atoms with van der Waals surface area (Å²) in [6.07, 6.45) is 14.6. The average molecular weight is 571 g/mol. The summed E-state index contributed by atoms with van der Waals surface area (Å²) in [6.45, 7) is 23.0. The molecule has 0 saturated heterocycles. The fourth-order valence-electron chi connectivity index (χ4n) is 2.46. The van der Waals surface area contributed by atoms with Crippen molar-refractivity contribution in [1.82, 2.24) is 16.1 Å². The van der Waals surface area contributed by atoms with Crippen LogP contribution in [0.1, 0.15) is 76.9 Å². The van der Waals surface area contributed by atoms with Gasteiger partial charge in [-0.1, -0.05) is 78.1 Å². The summed E-state index contributed by atoms with van der Waals surface area (Å²) in [7, 11) is 1.78. The number of hydrogen-bond acceptors (Lipinski definition) is 6. The van der Waals surface area contributed by atoms with Crippen LogP contribution in [0, 0.1) is 0 Å². The molecular formula is C32H50N4O3S. The topological polar surface area (TPSA) is 99.7 Å². The Bertz CT molecular complexity index is 988. The molecule has 0 aromatic carbocycles. The van der Waals surface area contributed by atoms with Crippen molar-refractivity contribution in [1.29, 1.82) is 0 Å². The predicted octanol–water partition coefficient (Wildman–Crippen LogP) is 7.30. The highest BCUT2D eigenvalue weighted by Gasteiger charge is 2.06. The van der Waals surface area contributed by atoms with E-state index in [9.17, 15) is 14.4 Å². The zero-order chi connectivity index (χ0) is 31.2. The average Bonchev–Trinajstić information content (AvgIpc) is 3.51. The molecule has 0 radical (unpaired) electrons. The van der Waals surface area contributed by atoms with E-state index in [-0.39, 0.29) is 17.6 Å². The molecule has 2 amide bonds. The number of allylic oxidation sites excluding steroid dienone is 7. The van der Waals surface area contributed by atoms with Crippen molar-refractivity contribution in [3.63, 3.8) is 0 Å². The fraction of sp³-hybridized carbons (Fsp3) is 0.375. The van der Waals surface area contributed by atoms with Crippen molar-refractivity contribution in [2.45, 2.75) is 67.2 Å². The number of hydrazone groups is 1. The molecule has 1 heterocycles. The van der Waals surface area contributed by atoms with Crippen LogP contribution in [-0.4, -0.2) is 36.9 Å². The lowest BCUT2D eigenvalue weighted by Gasteiger charge is -2.04. The fourth-order valence-corrected chi connectivity index (χ4v) is 3.08. The molecule has 1 aromatic heterocycles. The first-order chi connectivity index (χ1) is 19.2. The first-order valence-electron chi connectivity index (χ1n) is 13.5. The molecule has 0 spiro atoms. The second-order valence-corrected chi connectivity index (χ2v) is 8.37. The quantitative estimate of drug-likeness (QED) is 0.0945. The van der Waals surface area contributed by atoms with Crippen molar-refractivity contribution < 1.29 is 14.4 Å². The molecule has 222 valence electrons. The molecule has 0 aliphatic heterocycles. The Morgan fingerprint density at radius 1 is 1.07 bits per heavy atom. The monoisotopic (exact) mass is 570 g/mol. The van der Waals surface area contributed by atoms with E-state index in [0.29, 0.717) is 18.5 Å². The van der Waals surface area contributed by atoms with Crippen LogP contribution in [0.2, 0.25) is 0 Å². The van der Waals surface area contributed by atoms with Gasteiger partial charge in [-0.2, -0.15) is 5.10 Å². The third-order valence-electron chi connectivity index (χ3n) is 4.42. The first kappa shape index (κ1) is 40.7. The molecular weight excluding hydrogens is 520 g/mol. The van der Waals surface area contributed by atoms with Gasteiger partial charge in [0.1, 0.15) is 0 Å². The highest BCUT2D eigenvalue weighted by atomic mass is 32.1. The van der Waals surface area contributed by atoms with Crippen LogP contribution in [0.4, 0.5) is 0 Å². The smallest absolute Gasteiger partial charge is 0.265 e. The first-order valence-corrected chi connectivity index (χ1v) is 14.4. The van der Waals surface area contributed by atoms with Gasteiger partial charge in [0.05, 0.1) is 10.6 Å². The van der Waals surface area contributed by atoms with Gasteiger partial charge in [0, 0.05) is 24.9 Å². The summed E-state index contributed by atoms with van der Waals surface area (Å²) >= 11 is 1.43. The molecule has 0 unspecified atom stereocenters. The number of nitrogens with one attached hydrogen (secondary N) is 3. The normalized spacial score (nSPS) is 10.6. The SMILES string of the molecule is C=C(CC)NC(=O)c1cccs1.C=C/C(CC)=N\NC.C=CC/C(=C/CC)C(=O)NC/C=C/C(=O)/C=C/C.CC. The van der Waals surface area contributed by atoms with E-state index in [0.717, 1.165) is 35.5 Å². The number of carbonyl (C=O) groups is 3. The van der Waals surface area contributed by atoms with Crippen LogP contribution in [0.15, 0.2) is 96.2 Å². The number of ketones is 1. The number of carbonyl (C=O) groups excluding carboxylic acids is 3.